The first-order valence-corrected chi connectivity index (χ1v) is 10.6. The van der Waals surface area contributed by atoms with Gasteiger partial charge in [0.15, 0.2) is 5.96 Å². The number of nitrogens with two attached hydrogens (primary N) is 1. The van der Waals surface area contributed by atoms with Gasteiger partial charge in [0.1, 0.15) is 5.75 Å². The lowest BCUT2D eigenvalue weighted by molar-refractivity contribution is -0.274. The zero-order chi connectivity index (χ0) is 23.0. The van der Waals surface area contributed by atoms with Crippen molar-refractivity contribution in [2.75, 3.05) is 33.2 Å². The van der Waals surface area contributed by atoms with Crippen molar-refractivity contribution >= 4 is 5.96 Å². The molecule has 0 radical (unpaired) electrons. The number of benzene rings is 2. The van der Waals surface area contributed by atoms with Crippen LogP contribution in [0.2, 0.25) is 0 Å². The molecule has 9 heteroatoms. The Bertz CT molecular complexity index is 869. The van der Waals surface area contributed by atoms with E-state index in [0.29, 0.717) is 6.54 Å². The highest BCUT2D eigenvalue weighted by atomic mass is 19.4. The van der Waals surface area contributed by atoms with Gasteiger partial charge in [-0.25, -0.2) is 4.99 Å². The topological polar surface area (TPSA) is 66.1 Å². The van der Waals surface area contributed by atoms with Crippen LogP contribution in [0, 0.1) is 0 Å². The van der Waals surface area contributed by atoms with E-state index < -0.39 is 6.36 Å². The number of alkyl halides is 3. The van der Waals surface area contributed by atoms with Crippen molar-refractivity contribution < 1.29 is 17.9 Å². The number of hydrogen-bond donors (Lipinski definition) is 2. The molecule has 0 aliphatic carbocycles. The number of rotatable bonds is 7. The highest BCUT2D eigenvalue weighted by Crippen LogP contribution is 2.22. The minimum Gasteiger partial charge on any atom is -0.406 e. The minimum atomic E-state index is -4.70. The number of halogens is 3. The first kappa shape index (κ1) is 23.9. The first-order chi connectivity index (χ1) is 15.3. The average molecular weight is 450 g/mol. The molecule has 0 amide bonds. The lowest BCUT2D eigenvalue weighted by atomic mass is 10.1. The van der Waals surface area contributed by atoms with Crippen molar-refractivity contribution in [2.24, 2.45) is 10.7 Å². The van der Waals surface area contributed by atoms with Crippen LogP contribution in [0.4, 0.5) is 13.2 Å². The summed E-state index contributed by atoms with van der Waals surface area (Å²) in [7, 11) is 2.17. The Hall–Kier alpha value is -2.78. The van der Waals surface area contributed by atoms with Crippen LogP contribution in [-0.2, 0) is 19.6 Å². The maximum Gasteiger partial charge on any atom is 0.573 e. The minimum absolute atomic E-state index is 0.259. The number of nitrogens with one attached hydrogen (secondary N) is 1. The Labute approximate surface area is 186 Å². The van der Waals surface area contributed by atoms with E-state index >= 15 is 0 Å². The second-order valence-electron chi connectivity index (χ2n) is 8.00. The molecule has 1 heterocycles. The van der Waals surface area contributed by atoms with Gasteiger partial charge in [-0.15, -0.1) is 13.2 Å². The van der Waals surface area contributed by atoms with E-state index in [1.165, 1.54) is 36.2 Å². The summed E-state index contributed by atoms with van der Waals surface area (Å²) >= 11 is 0. The van der Waals surface area contributed by atoms with Gasteiger partial charge in [0.05, 0.1) is 6.54 Å². The summed E-state index contributed by atoms with van der Waals surface area (Å²) in [5.41, 5.74) is 9.03. The summed E-state index contributed by atoms with van der Waals surface area (Å²) in [5, 5.41) is 3.06. The molecule has 3 N–H and O–H groups in total. The van der Waals surface area contributed by atoms with Crippen molar-refractivity contribution in [3.05, 3.63) is 65.2 Å². The van der Waals surface area contributed by atoms with Gasteiger partial charge in [-0.1, -0.05) is 36.4 Å². The third-order valence-corrected chi connectivity index (χ3v) is 5.30. The predicted octanol–water partition coefficient (Wildman–Crippen LogP) is 3.33. The van der Waals surface area contributed by atoms with Crippen molar-refractivity contribution in [1.29, 1.82) is 0 Å². The predicted molar refractivity (Wildman–Crippen MR) is 119 cm³/mol. The molecule has 0 saturated carbocycles. The molecule has 2 aromatic rings. The lowest BCUT2D eigenvalue weighted by Gasteiger charge is -2.20. The molecule has 0 unspecified atom stereocenters. The molecule has 1 aliphatic heterocycles. The van der Waals surface area contributed by atoms with Crippen LogP contribution in [0.1, 0.15) is 23.1 Å². The number of likely N-dealkylation sites (N-methyl/N-ethyl adjacent to an activating group) is 1. The zero-order valence-electron chi connectivity index (χ0n) is 18.2. The molecule has 2 aromatic carbocycles. The fourth-order valence-electron chi connectivity index (χ4n) is 3.50. The Morgan fingerprint density at radius 3 is 2.31 bits per heavy atom. The third-order valence-electron chi connectivity index (χ3n) is 5.30. The standard InChI is InChI=1S/C23H30F3N5O/c1-30-11-2-12-31(14-13-30)17-20-5-3-18(4-6-20)15-28-22(27)29-16-19-7-9-21(10-8-19)32-23(24,25)26/h3-10H,2,11-17H2,1H3,(H3,27,28,29). The fourth-order valence-corrected chi connectivity index (χ4v) is 3.50. The van der Waals surface area contributed by atoms with E-state index in [2.05, 4.69) is 56.2 Å². The summed E-state index contributed by atoms with van der Waals surface area (Å²) in [5.74, 6) is 0.0151. The molecule has 174 valence electrons. The van der Waals surface area contributed by atoms with Gasteiger partial charge >= 0.3 is 6.36 Å². The molecule has 0 aromatic heterocycles. The van der Waals surface area contributed by atoms with E-state index in [4.69, 9.17) is 5.73 Å². The van der Waals surface area contributed by atoms with Gasteiger partial charge in [-0.2, -0.15) is 0 Å². The molecule has 1 saturated heterocycles. The van der Waals surface area contributed by atoms with E-state index in [1.807, 2.05) is 0 Å². The molecule has 0 spiro atoms. The van der Waals surface area contributed by atoms with Crippen LogP contribution in [0.3, 0.4) is 0 Å². The van der Waals surface area contributed by atoms with Crippen LogP contribution >= 0.6 is 0 Å². The molecule has 3 rings (SSSR count). The van der Waals surface area contributed by atoms with Gasteiger partial charge in [-0.3, -0.25) is 4.90 Å². The van der Waals surface area contributed by atoms with Crippen molar-refractivity contribution in [3.8, 4) is 5.75 Å². The summed E-state index contributed by atoms with van der Waals surface area (Å²) in [6.45, 7) is 6.23. The number of ether oxygens (including phenoxy) is 1. The van der Waals surface area contributed by atoms with Crippen LogP contribution < -0.4 is 15.8 Å². The monoisotopic (exact) mass is 449 g/mol. The van der Waals surface area contributed by atoms with Gasteiger partial charge in [0.25, 0.3) is 0 Å². The smallest absolute Gasteiger partial charge is 0.406 e. The summed E-state index contributed by atoms with van der Waals surface area (Å²) in [4.78, 5) is 9.10. The van der Waals surface area contributed by atoms with Crippen molar-refractivity contribution in [2.45, 2.75) is 32.4 Å². The van der Waals surface area contributed by atoms with Crippen LogP contribution in [0.5, 0.6) is 5.75 Å². The molecule has 6 nitrogen and oxygen atoms in total. The number of guanidine groups is 1. The van der Waals surface area contributed by atoms with Crippen LogP contribution in [-0.4, -0.2) is 55.3 Å². The lowest BCUT2D eigenvalue weighted by Crippen LogP contribution is -2.31. The van der Waals surface area contributed by atoms with Gasteiger partial charge in [0.2, 0.25) is 0 Å². The molecule has 1 fully saturated rings. The number of hydrogen-bond acceptors (Lipinski definition) is 4. The molecule has 0 bridgehead atoms. The SMILES string of the molecule is CN1CCCN(Cc2ccc(CNC(N)=NCc3ccc(OC(F)(F)F)cc3)cc2)CC1. The largest absolute Gasteiger partial charge is 0.573 e. The fraction of sp³-hybridized carbons (Fsp3) is 0.435. The number of aliphatic imine (C=N–C) groups is 1. The quantitative estimate of drug-likeness (QED) is 0.502. The van der Waals surface area contributed by atoms with Crippen LogP contribution in [0.25, 0.3) is 0 Å². The van der Waals surface area contributed by atoms with Crippen LogP contribution in [0.15, 0.2) is 53.5 Å². The first-order valence-electron chi connectivity index (χ1n) is 10.6. The van der Waals surface area contributed by atoms with Gasteiger partial charge < -0.3 is 20.7 Å². The molecular weight excluding hydrogens is 419 g/mol. The molecule has 1 aliphatic rings. The normalized spacial score (nSPS) is 16.6. The van der Waals surface area contributed by atoms with Crippen molar-refractivity contribution in [1.82, 2.24) is 15.1 Å². The van der Waals surface area contributed by atoms with E-state index in [9.17, 15) is 13.2 Å². The summed E-state index contributed by atoms with van der Waals surface area (Å²) in [6.07, 6.45) is -3.50. The highest BCUT2D eigenvalue weighted by molar-refractivity contribution is 5.77. The second-order valence-corrected chi connectivity index (χ2v) is 8.00. The third kappa shape index (κ3) is 8.39. The maximum absolute atomic E-state index is 12.2. The maximum atomic E-state index is 12.2. The second kappa shape index (κ2) is 11.2. The van der Waals surface area contributed by atoms with Crippen molar-refractivity contribution in [3.63, 3.8) is 0 Å². The van der Waals surface area contributed by atoms with Gasteiger partial charge in [0, 0.05) is 26.2 Å². The molecule has 0 atom stereocenters. The molecular formula is C23H30F3N5O. The number of nitrogens with zero attached hydrogens (tertiary/aromatic N) is 3. The zero-order valence-corrected chi connectivity index (χ0v) is 18.2. The van der Waals surface area contributed by atoms with E-state index in [1.54, 1.807) is 0 Å². The highest BCUT2D eigenvalue weighted by Gasteiger charge is 2.30. The Morgan fingerprint density at radius 2 is 1.62 bits per heavy atom. The van der Waals surface area contributed by atoms with E-state index in [-0.39, 0.29) is 18.3 Å². The Balaban J connectivity index is 1.43. The Kier molecular flexibility index (Phi) is 8.35. The average Bonchev–Trinajstić information content (AvgIpc) is 2.95. The summed E-state index contributed by atoms with van der Waals surface area (Å²) in [6, 6.07) is 14.0. The molecule has 32 heavy (non-hydrogen) atoms. The summed E-state index contributed by atoms with van der Waals surface area (Å²) < 4.78 is 40.5. The van der Waals surface area contributed by atoms with Gasteiger partial charge in [-0.05, 0) is 55.4 Å². The Morgan fingerprint density at radius 1 is 0.969 bits per heavy atom. The van der Waals surface area contributed by atoms with E-state index in [0.717, 1.165) is 43.9 Å².